The SMILES string of the molecule is COc1cccc(C(=O)N(C)[C@@H]2CCCN(C(=O)Cc3csc(C)n3)CC2)c1. The minimum Gasteiger partial charge on any atom is -0.497 e. The van der Waals surface area contributed by atoms with Crippen LogP contribution < -0.4 is 4.74 Å². The van der Waals surface area contributed by atoms with Gasteiger partial charge in [-0.3, -0.25) is 9.59 Å². The molecule has 1 saturated heterocycles. The standard InChI is InChI=1S/C21H27N3O3S/c1-15-22-17(14-28-15)13-20(25)24-10-5-7-18(9-11-24)23(2)21(26)16-6-4-8-19(12-16)27-3/h4,6,8,12,14,18H,5,7,9-11,13H2,1-3H3/t18-/m1/s1. The largest absolute Gasteiger partial charge is 0.497 e. The maximum atomic E-state index is 12.9. The van der Waals surface area contributed by atoms with Gasteiger partial charge in [-0.25, -0.2) is 4.98 Å². The van der Waals surface area contributed by atoms with Crippen LogP contribution in [-0.2, 0) is 11.2 Å². The summed E-state index contributed by atoms with van der Waals surface area (Å²) in [6.07, 6.45) is 2.93. The fraction of sp³-hybridized carbons (Fsp3) is 0.476. The number of carbonyl (C=O) groups is 2. The molecule has 7 heteroatoms. The maximum Gasteiger partial charge on any atom is 0.253 e. The van der Waals surface area contributed by atoms with Crippen LogP contribution in [0.2, 0.25) is 0 Å². The molecule has 2 amide bonds. The topological polar surface area (TPSA) is 62.7 Å². The van der Waals surface area contributed by atoms with Gasteiger partial charge in [0.2, 0.25) is 5.91 Å². The Hall–Kier alpha value is -2.41. The monoisotopic (exact) mass is 401 g/mol. The van der Waals surface area contributed by atoms with Crippen LogP contribution in [0.3, 0.4) is 0 Å². The van der Waals surface area contributed by atoms with Crippen molar-refractivity contribution in [2.45, 2.75) is 38.6 Å². The van der Waals surface area contributed by atoms with Gasteiger partial charge in [0.05, 0.1) is 24.2 Å². The maximum absolute atomic E-state index is 12.9. The lowest BCUT2D eigenvalue weighted by atomic mass is 10.1. The first-order valence-electron chi connectivity index (χ1n) is 9.58. The number of amides is 2. The van der Waals surface area contributed by atoms with Crippen molar-refractivity contribution in [2.24, 2.45) is 0 Å². The Kier molecular flexibility index (Phi) is 6.67. The van der Waals surface area contributed by atoms with Crippen LogP contribution in [-0.4, -0.2) is 59.9 Å². The number of carbonyl (C=O) groups excluding carboxylic acids is 2. The summed E-state index contributed by atoms with van der Waals surface area (Å²) >= 11 is 1.57. The molecule has 3 rings (SSSR count). The van der Waals surface area contributed by atoms with Gasteiger partial charge in [-0.2, -0.15) is 0 Å². The number of nitrogens with zero attached hydrogens (tertiary/aromatic N) is 3. The minimum atomic E-state index is -0.0124. The van der Waals surface area contributed by atoms with Crippen molar-refractivity contribution in [3.63, 3.8) is 0 Å². The molecule has 0 unspecified atom stereocenters. The average Bonchev–Trinajstić information content (AvgIpc) is 2.96. The molecule has 1 aromatic carbocycles. The van der Waals surface area contributed by atoms with E-state index in [1.54, 1.807) is 24.5 Å². The Morgan fingerprint density at radius 1 is 1.32 bits per heavy atom. The molecule has 1 aromatic heterocycles. The number of thiazole rings is 1. The number of ether oxygens (including phenoxy) is 1. The Labute approximate surface area is 170 Å². The highest BCUT2D eigenvalue weighted by molar-refractivity contribution is 7.09. The van der Waals surface area contributed by atoms with Crippen LogP contribution in [0.25, 0.3) is 0 Å². The van der Waals surface area contributed by atoms with Gasteiger partial charge in [0.1, 0.15) is 5.75 Å². The van der Waals surface area contributed by atoms with Crippen LogP contribution in [0, 0.1) is 6.92 Å². The van der Waals surface area contributed by atoms with Gasteiger partial charge >= 0.3 is 0 Å². The second-order valence-corrected chi connectivity index (χ2v) is 8.21. The van der Waals surface area contributed by atoms with Crippen molar-refractivity contribution in [2.75, 3.05) is 27.2 Å². The van der Waals surface area contributed by atoms with E-state index >= 15 is 0 Å². The summed E-state index contributed by atoms with van der Waals surface area (Å²) in [5.74, 6) is 0.781. The molecule has 1 fully saturated rings. The van der Waals surface area contributed by atoms with Crippen LogP contribution in [0.1, 0.15) is 40.3 Å². The average molecular weight is 402 g/mol. The highest BCUT2D eigenvalue weighted by atomic mass is 32.1. The number of benzene rings is 1. The second-order valence-electron chi connectivity index (χ2n) is 7.15. The molecule has 1 aliphatic rings. The first kappa shape index (κ1) is 20.3. The zero-order chi connectivity index (χ0) is 20.1. The molecule has 6 nitrogen and oxygen atoms in total. The number of likely N-dealkylation sites (tertiary alicyclic amines) is 1. The second kappa shape index (κ2) is 9.19. The molecule has 0 spiro atoms. The highest BCUT2D eigenvalue weighted by Gasteiger charge is 2.26. The summed E-state index contributed by atoms with van der Waals surface area (Å²) in [5.41, 5.74) is 1.47. The minimum absolute atomic E-state index is 0.0124. The molecule has 2 heterocycles. The zero-order valence-corrected chi connectivity index (χ0v) is 17.5. The van der Waals surface area contributed by atoms with Gasteiger partial charge in [-0.05, 0) is 44.4 Å². The fourth-order valence-electron chi connectivity index (χ4n) is 3.60. The quantitative estimate of drug-likeness (QED) is 0.772. The number of rotatable bonds is 5. The summed E-state index contributed by atoms with van der Waals surface area (Å²) < 4.78 is 5.22. The molecule has 28 heavy (non-hydrogen) atoms. The lowest BCUT2D eigenvalue weighted by Gasteiger charge is -2.27. The normalized spacial score (nSPS) is 17.1. The summed E-state index contributed by atoms with van der Waals surface area (Å²) in [6.45, 7) is 3.35. The van der Waals surface area contributed by atoms with Crippen molar-refractivity contribution in [1.29, 1.82) is 0 Å². The Morgan fingerprint density at radius 2 is 2.14 bits per heavy atom. The molecule has 1 aliphatic heterocycles. The number of hydrogen-bond donors (Lipinski definition) is 0. The first-order valence-corrected chi connectivity index (χ1v) is 10.5. The molecule has 0 radical (unpaired) electrons. The Bertz CT molecular complexity index is 836. The number of hydrogen-bond acceptors (Lipinski definition) is 5. The third-order valence-corrected chi connectivity index (χ3v) is 6.06. The van der Waals surface area contributed by atoms with Gasteiger partial charge in [0, 0.05) is 37.1 Å². The predicted octanol–water partition coefficient (Wildman–Crippen LogP) is 3.16. The van der Waals surface area contributed by atoms with E-state index in [1.165, 1.54) is 0 Å². The van der Waals surface area contributed by atoms with E-state index in [1.807, 2.05) is 47.4 Å². The summed E-state index contributed by atoms with van der Waals surface area (Å²) in [4.78, 5) is 33.6. The zero-order valence-electron chi connectivity index (χ0n) is 16.7. The van der Waals surface area contributed by atoms with Gasteiger partial charge in [-0.15, -0.1) is 11.3 Å². The van der Waals surface area contributed by atoms with E-state index in [-0.39, 0.29) is 17.9 Å². The summed E-state index contributed by atoms with van der Waals surface area (Å²) in [6, 6.07) is 7.35. The van der Waals surface area contributed by atoms with E-state index < -0.39 is 0 Å². The van der Waals surface area contributed by atoms with E-state index in [0.717, 1.165) is 36.5 Å². The molecule has 2 aromatic rings. The molecule has 150 valence electrons. The fourth-order valence-corrected chi connectivity index (χ4v) is 4.21. The lowest BCUT2D eigenvalue weighted by Crippen LogP contribution is -2.38. The third-order valence-electron chi connectivity index (χ3n) is 5.23. The van der Waals surface area contributed by atoms with E-state index in [0.29, 0.717) is 24.3 Å². The van der Waals surface area contributed by atoms with Crippen molar-refractivity contribution < 1.29 is 14.3 Å². The highest BCUT2D eigenvalue weighted by Crippen LogP contribution is 2.21. The molecule has 0 N–H and O–H groups in total. The van der Waals surface area contributed by atoms with Crippen molar-refractivity contribution >= 4 is 23.2 Å². The van der Waals surface area contributed by atoms with Gasteiger partial charge < -0.3 is 14.5 Å². The number of aryl methyl sites for hydroxylation is 1. The Balaban J connectivity index is 1.59. The van der Waals surface area contributed by atoms with Crippen molar-refractivity contribution in [3.8, 4) is 5.75 Å². The van der Waals surface area contributed by atoms with Crippen LogP contribution >= 0.6 is 11.3 Å². The third kappa shape index (κ3) is 4.90. The van der Waals surface area contributed by atoms with E-state index in [9.17, 15) is 9.59 Å². The Morgan fingerprint density at radius 3 is 2.86 bits per heavy atom. The van der Waals surface area contributed by atoms with E-state index in [2.05, 4.69) is 4.98 Å². The molecule has 0 saturated carbocycles. The smallest absolute Gasteiger partial charge is 0.253 e. The molecule has 0 aliphatic carbocycles. The molecule has 0 bridgehead atoms. The lowest BCUT2D eigenvalue weighted by molar-refractivity contribution is -0.130. The molecule has 1 atom stereocenters. The predicted molar refractivity (Wildman–Crippen MR) is 110 cm³/mol. The summed E-state index contributed by atoms with van der Waals surface area (Å²) in [7, 11) is 3.44. The van der Waals surface area contributed by atoms with Crippen molar-refractivity contribution in [1.82, 2.24) is 14.8 Å². The number of aromatic nitrogens is 1. The van der Waals surface area contributed by atoms with Gasteiger partial charge in [-0.1, -0.05) is 6.07 Å². The molecular formula is C21H27N3O3S. The van der Waals surface area contributed by atoms with Crippen molar-refractivity contribution in [3.05, 3.63) is 45.9 Å². The van der Waals surface area contributed by atoms with E-state index in [4.69, 9.17) is 4.74 Å². The van der Waals surface area contributed by atoms with Crippen LogP contribution in [0.4, 0.5) is 0 Å². The van der Waals surface area contributed by atoms with Crippen LogP contribution in [0.5, 0.6) is 5.75 Å². The van der Waals surface area contributed by atoms with Gasteiger partial charge in [0.25, 0.3) is 5.91 Å². The van der Waals surface area contributed by atoms with Gasteiger partial charge in [0.15, 0.2) is 0 Å². The molecular weight excluding hydrogens is 374 g/mol. The number of methoxy groups -OCH3 is 1. The first-order chi connectivity index (χ1) is 13.5. The summed E-state index contributed by atoms with van der Waals surface area (Å²) in [5, 5.41) is 2.94. The van der Waals surface area contributed by atoms with Crippen LogP contribution in [0.15, 0.2) is 29.6 Å².